The molecule has 0 unspecified atom stereocenters. The zero-order valence-electron chi connectivity index (χ0n) is 15.0. The highest BCUT2D eigenvalue weighted by molar-refractivity contribution is 5.93. The molecule has 2 heterocycles. The van der Waals surface area contributed by atoms with Gasteiger partial charge in [-0.2, -0.15) is 5.26 Å². The first-order valence-corrected chi connectivity index (χ1v) is 9.20. The van der Waals surface area contributed by atoms with Gasteiger partial charge in [-0.15, -0.1) is 10.2 Å². The van der Waals surface area contributed by atoms with E-state index in [0.717, 1.165) is 48.9 Å². The Labute approximate surface area is 154 Å². The molecule has 130 valence electrons. The summed E-state index contributed by atoms with van der Waals surface area (Å²) in [6, 6.07) is 19.1. The molecule has 3 aromatic rings. The molecule has 0 N–H and O–H groups in total. The van der Waals surface area contributed by atoms with Crippen molar-refractivity contribution in [3.05, 3.63) is 65.4 Å². The van der Waals surface area contributed by atoms with Gasteiger partial charge in [-0.1, -0.05) is 42.0 Å². The van der Waals surface area contributed by atoms with Crippen molar-refractivity contribution in [2.45, 2.75) is 26.2 Å². The number of hydrogen-bond donors (Lipinski definition) is 0. The molecule has 1 fully saturated rings. The van der Waals surface area contributed by atoms with E-state index in [2.05, 4.69) is 64.5 Å². The summed E-state index contributed by atoms with van der Waals surface area (Å²) in [5.41, 5.74) is 4.84. The number of piperidine rings is 1. The summed E-state index contributed by atoms with van der Waals surface area (Å²) in [4.78, 5) is 2.33. The van der Waals surface area contributed by atoms with E-state index in [1.165, 1.54) is 11.1 Å². The van der Waals surface area contributed by atoms with Crippen molar-refractivity contribution in [3.8, 4) is 6.07 Å². The number of nitriles is 1. The lowest BCUT2D eigenvalue weighted by Crippen LogP contribution is -2.35. The van der Waals surface area contributed by atoms with Crippen LogP contribution in [-0.2, 0) is 6.42 Å². The van der Waals surface area contributed by atoms with Crippen LogP contribution >= 0.6 is 0 Å². The lowest BCUT2D eigenvalue weighted by atomic mass is 9.89. The van der Waals surface area contributed by atoms with E-state index in [1.54, 1.807) is 0 Å². The van der Waals surface area contributed by atoms with Gasteiger partial charge in [0.2, 0.25) is 0 Å². The van der Waals surface area contributed by atoms with Gasteiger partial charge in [0.25, 0.3) is 0 Å². The first-order chi connectivity index (χ1) is 12.7. The zero-order chi connectivity index (χ0) is 17.9. The topological polar surface area (TPSA) is 52.8 Å². The van der Waals surface area contributed by atoms with Crippen LogP contribution in [0, 0.1) is 24.2 Å². The molecule has 0 radical (unpaired) electrons. The van der Waals surface area contributed by atoms with Crippen LogP contribution in [0.15, 0.2) is 48.5 Å². The molecule has 4 heteroatoms. The molecule has 1 aromatic heterocycles. The quantitative estimate of drug-likeness (QED) is 0.713. The molecule has 0 amide bonds. The maximum absolute atomic E-state index is 9.55. The van der Waals surface area contributed by atoms with E-state index < -0.39 is 0 Å². The average molecular weight is 342 g/mol. The van der Waals surface area contributed by atoms with E-state index in [4.69, 9.17) is 0 Å². The molecule has 0 aliphatic carbocycles. The Kier molecular flexibility index (Phi) is 4.53. The van der Waals surface area contributed by atoms with Crippen LogP contribution < -0.4 is 4.90 Å². The second-order valence-corrected chi connectivity index (χ2v) is 7.15. The Bertz CT molecular complexity index is 951. The summed E-state index contributed by atoms with van der Waals surface area (Å²) in [5, 5.41) is 19.0. The molecule has 4 nitrogen and oxygen atoms in total. The van der Waals surface area contributed by atoms with Crippen LogP contribution in [0.4, 0.5) is 5.69 Å². The Balaban J connectivity index is 1.57. The van der Waals surface area contributed by atoms with E-state index >= 15 is 0 Å². The van der Waals surface area contributed by atoms with Crippen LogP contribution in [0.25, 0.3) is 10.9 Å². The molecule has 0 spiro atoms. The fraction of sp³-hybridized carbons (Fsp3) is 0.318. The Hall–Kier alpha value is -2.93. The standard InChI is InChI=1S/C22H22N4/c1-16-7-8-20-19(13-16)22(21(15-23)25-24-20)26-11-9-18(10-12-26)14-17-5-3-2-4-6-17/h2-8,13,18H,9-12,14H2,1H3. The lowest BCUT2D eigenvalue weighted by molar-refractivity contribution is 0.404. The summed E-state index contributed by atoms with van der Waals surface area (Å²) in [5.74, 6) is 0.696. The largest absolute Gasteiger partial charge is 0.369 e. The molecule has 0 saturated carbocycles. The predicted octanol–water partition coefficient (Wildman–Crippen LogP) is 4.27. The molecule has 26 heavy (non-hydrogen) atoms. The van der Waals surface area contributed by atoms with Gasteiger partial charge in [0, 0.05) is 18.5 Å². The number of anilines is 1. The zero-order valence-corrected chi connectivity index (χ0v) is 15.0. The first-order valence-electron chi connectivity index (χ1n) is 9.20. The molecule has 1 aliphatic rings. The molecule has 4 rings (SSSR count). The number of aryl methyl sites for hydroxylation is 1. The van der Waals surface area contributed by atoms with Crippen LogP contribution in [0.5, 0.6) is 0 Å². The predicted molar refractivity (Wildman–Crippen MR) is 104 cm³/mol. The Morgan fingerprint density at radius 2 is 1.85 bits per heavy atom. The third-order valence-corrected chi connectivity index (χ3v) is 5.29. The monoisotopic (exact) mass is 342 g/mol. The van der Waals surface area contributed by atoms with Gasteiger partial charge in [0.05, 0.1) is 11.2 Å². The van der Waals surface area contributed by atoms with Gasteiger partial charge in [-0.3, -0.25) is 0 Å². The minimum Gasteiger partial charge on any atom is -0.369 e. The van der Waals surface area contributed by atoms with Crippen LogP contribution in [0.1, 0.15) is 29.7 Å². The number of nitrogens with zero attached hydrogens (tertiary/aromatic N) is 4. The summed E-state index contributed by atoms with van der Waals surface area (Å²) in [6.07, 6.45) is 3.40. The fourth-order valence-electron chi connectivity index (χ4n) is 3.91. The van der Waals surface area contributed by atoms with Gasteiger partial charge in [-0.25, -0.2) is 0 Å². The van der Waals surface area contributed by atoms with Gasteiger partial charge in [0.15, 0.2) is 5.69 Å². The van der Waals surface area contributed by atoms with Gasteiger partial charge >= 0.3 is 0 Å². The highest BCUT2D eigenvalue weighted by Gasteiger charge is 2.24. The van der Waals surface area contributed by atoms with Crippen molar-refractivity contribution in [1.82, 2.24) is 10.2 Å². The number of fused-ring (bicyclic) bond motifs is 1. The number of hydrogen-bond acceptors (Lipinski definition) is 4. The smallest absolute Gasteiger partial charge is 0.187 e. The minimum atomic E-state index is 0.435. The Morgan fingerprint density at radius 1 is 1.08 bits per heavy atom. The molecular weight excluding hydrogens is 320 g/mol. The van der Waals surface area contributed by atoms with E-state index in [1.807, 2.05) is 12.1 Å². The molecule has 1 saturated heterocycles. The normalized spacial score (nSPS) is 15.2. The van der Waals surface area contributed by atoms with Crippen LogP contribution in [0.3, 0.4) is 0 Å². The van der Waals surface area contributed by atoms with Crippen LogP contribution in [0.2, 0.25) is 0 Å². The first kappa shape index (κ1) is 16.5. The number of rotatable bonds is 3. The summed E-state index contributed by atoms with van der Waals surface area (Å²) >= 11 is 0. The summed E-state index contributed by atoms with van der Waals surface area (Å²) in [6.45, 7) is 3.99. The minimum absolute atomic E-state index is 0.435. The van der Waals surface area contributed by atoms with E-state index in [0.29, 0.717) is 11.6 Å². The second-order valence-electron chi connectivity index (χ2n) is 7.15. The van der Waals surface area contributed by atoms with Gasteiger partial charge < -0.3 is 4.90 Å². The van der Waals surface area contributed by atoms with E-state index in [9.17, 15) is 5.26 Å². The number of benzene rings is 2. The van der Waals surface area contributed by atoms with Crippen molar-refractivity contribution >= 4 is 16.6 Å². The van der Waals surface area contributed by atoms with E-state index in [-0.39, 0.29) is 0 Å². The highest BCUT2D eigenvalue weighted by atomic mass is 15.2. The molecule has 0 bridgehead atoms. The lowest BCUT2D eigenvalue weighted by Gasteiger charge is -2.34. The summed E-state index contributed by atoms with van der Waals surface area (Å²) < 4.78 is 0. The third kappa shape index (κ3) is 3.25. The highest BCUT2D eigenvalue weighted by Crippen LogP contribution is 2.32. The van der Waals surface area contributed by atoms with Crippen molar-refractivity contribution in [2.75, 3.05) is 18.0 Å². The number of aromatic nitrogens is 2. The maximum Gasteiger partial charge on any atom is 0.187 e. The maximum atomic E-state index is 9.55. The molecule has 1 aliphatic heterocycles. The molecule has 0 atom stereocenters. The van der Waals surface area contributed by atoms with Crippen molar-refractivity contribution in [1.29, 1.82) is 5.26 Å². The van der Waals surface area contributed by atoms with Gasteiger partial charge in [-0.05, 0) is 49.8 Å². The van der Waals surface area contributed by atoms with Crippen molar-refractivity contribution < 1.29 is 0 Å². The van der Waals surface area contributed by atoms with Crippen LogP contribution in [-0.4, -0.2) is 23.3 Å². The SMILES string of the molecule is Cc1ccc2nnc(C#N)c(N3CCC(Cc4ccccc4)CC3)c2c1. The molecule has 2 aromatic carbocycles. The Morgan fingerprint density at radius 3 is 2.58 bits per heavy atom. The van der Waals surface area contributed by atoms with Crippen molar-refractivity contribution in [3.63, 3.8) is 0 Å². The van der Waals surface area contributed by atoms with Crippen molar-refractivity contribution in [2.24, 2.45) is 5.92 Å². The fourth-order valence-corrected chi connectivity index (χ4v) is 3.91. The molecular formula is C22H22N4. The average Bonchev–Trinajstić information content (AvgIpc) is 2.68. The summed E-state index contributed by atoms with van der Waals surface area (Å²) in [7, 11) is 0. The second kappa shape index (κ2) is 7.13. The third-order valence-electron chi connectivity index (χ3n) is 5.29. The van der Waals surface area contributed by atoms with Gasteiger partial charge in [0.1, 0.15) is 6.07 Å².